The van der Waals surface area contributed by atoms with Crippen LogP contribution in [0.3, 0.4) is 0 Å². The van der Waals surface area contributed by atoms with Crippen molar-refractivity contribution < 1.29 is 4.79 Å². The van der Waals surface area contributed by atoms with Gasteiger partial charge >= 0.3 is 0 Å². The minimum atomic E-state index is 0.142. The van der Waals surface area contributed by atoms with Gasteiger partial charge in [-0.2, -0.15) is 4.98 Å². The summed E-state index contributed by atoms with van der Waals surface area (Å²) < 4.78 is 1.65. The van der Waals surface area contributed by atoms with E-state index in [-0.39, 0.29) is 11.7 Å². The number of Topliss-reactive ketones (excluding diaryl/α,β-unsaturated/α-hetero) is 1. The number of aromatic nitrogens is 4. The van der Waals surface area contributed by atoms with Crippen molar-refractivity contribution in [1.82, 2.24) is 19.6 Å². The monoisotopic (exact) mass is 320 g/mol. The van der Waals surface area contributed by atoms with Crippen molar-refractivity contribution >= 4 is 11.6 Å². The zero-order chi connectivity index (χ0) is 16.7. The number of hydrogen-bond acceptors (Lipinski definition) is 4. The molecule has 1 aliphatic rings. The van der Waals surface area contributed by atoms with Crippen LogP contribution in [0.4, 0.5) is 0 Å². The second-order valence-corrected chi connectivity index (χ2v) is 6.56. The lowest BCUT2D eigenvalue weighted by Crippen LogP contribution is -2.21. The molecule has 0 spiro atoms. The fraction of sp³-hybridized carbons (Fsp3) is 0.368. The van der Waals surface area contributed by atoms with Crippen LogP contribution in [0.1, 0.15) is 58.7 Å². The first-order chi connectivity index (χ1) is 11.6. The van der Waals surface area contributed by atoms with Crippen molar-refractivity contribution in [3.8, 4) is 0 Å². The van der Waals surface area contributed by atoms with Crippen molar-refractivity contribution in [2.75, 3.05) is 0 Å². The Morgan fingerprint density at radius 1 is 1.17 bits per heavy atom. The summed E-state index contributed by atoms with van der Waals surface area (Å²) in [4.78, 5) is 21.7. The van der Waals surface area contributed by atoms with Gasteiger partial charge in [-0.25, -0.2) is 9.50 Å². The molecule has 24 heavy (non-hydrogen) atoms. The van der Waals surface area contributed by atoms with Crippen LogP contribution in [0.5, 0.6) is 0 Å². The minimum Gasteiger partial charge on any atom is -0.294 e. The summed E-state index contributed by atoms with van der Waals surface area (Å²) in [6.07, 6.45) is 4.92. The van der Waals surface area contributed by atoms with Crippen LogP contribution in [-0.2, 0) is 12.8 Å². The van der Waals surface area contributed by atoms with E-state index in [0.717, 1.165) is 30.8 Å². The first-order valence-corrected chi connectivity index (χ1v) is 8.49. The van der Waals surface area contributed by atoms with E-state index in [2.05, 4.69) is 53.2 Å². The molecule has 1 atom stereocenters. The molecule has 3 aromatic rings. The van der Waals surface area contributed by atoms with Crippen LogP contribution < -0.4 is 0 Å². The van der Waals surface area contributed by atoms with E-state index < -0.39 is 0 Å². The molecule has 5 nitrogen and oxygen atoms in total. The minimum absolute atomic E-state index is 0.142. The number of fused-ring (bicyclic) bond motifs is 2. The van der Waals surface area contributed by atoms with Crippen molar-refractivity contribution in [1.29, 1.82) is 0 Å². The Morgan fingerprint density at radius 2 is 1.96 bits per heavy atom. The Hall–Kier alpha value is -2.56. The molecule has 0 saturated heterocycles. The zero-order valence-corrected chi connectivity index (χ0v) is 14.0. The van der Waals surface area contributed by atoms with Crippen LogP contribution in [0.2, 0.25) is 0 Å². The number of benzene rings is 1. The summed E-state index contributed by atoms with van der Waals surface area (Å²) in [5, 5.41) is 4.42. The number of hydrogen-bond donors (Lipinski definition) is 0. The third-order valence-electron chi connectivity index (χ3n) is 4.65. The van der Waals surface area contributed by atoms with Gasteiger partial charge in [0.25, 0.3) is 5.78 Å². The van der Waals surface area contributed by atoms with E-state index >= 15 is 0 Å². The van der Waals surface area contributed by atoms with Gasteiger partial charge in [-0.1, -0.05) is 36.8 Å². The van der Waals surface area contributed by atoms with Crippen molar-refractivity contribution in [2.45, 2.75) is 45.4 Å². The van der Waals surface area contributed by atoms with Crippen LogP contribution >= 0.6 is 0 Å². The lowest BCUT2D eigenvalue weighted by Gasteiger charge is -2.23. The van der Waals surface area contributed by atoms with Crippen LogP contribution in [0.15, 0.2) is 30.5 Å². The Bertz CT molecular complexity index is 911. The summed E-state index contributed by atoms with van der Waals surface area (Å²) in [7, 11) is 0. The van der Waals surface area contributed by atoms with Crippen LogP contribution in [0, 0.1) is 6.92 Å². The van der Waals surface area contributed by atoms with Gasteiger partial charge in [0.2, 0.25) is 0 Å². The lowest BCUT2D eigenvalue weighted by molar-refractivity contribution is 0.0962. The Balaban J connectivity index is 1.72. The van der Waals surface area contributed by atoms with E-state index in [4.69, 9.17) is 0 Å². The smallest absolute Gasteiger partial charge is 0.252 e. The molecule has 0 bridgehead atoms. The molecule has 0 amide bonds. The molecule has 1 aliphatic carbocycles. The van der Waals surface area contributed by atoms with Crippen molar-refractivity contribution in [3.05, 3.63) is 58.7 Å². The first kappa shape index (κ1) is 15.0. The number of carbonyl (C=O) groups is 1. The van der Waals surface area contributed by atoms with Gasteiger partial charge in [0.15, 0.2) is 11.6 Å². The van der Waals surface area contributed by atoms with Gasteiger partial charge in [0, 0.05) is 19.0 Å². The molecule has 2 aromatic heterocycles. The summed E-state index contributed by atoms with van der Waals surface area (Å²) in [5.74, 6) is 1.71. The van der Waals surface area contributed by atoms with Crippen molar-refractivity contribution in [3.63, 3.8) is 0 Å². The van der Waals surface area contributed by atoms with E-state index in [1.165, 1.54) is 11.1 Å². The normalized spacial score (nSPS) is 17.2. The number of aryl methyl sites for hydroxylation is 2. The fourth-order valence-corrected chi connectivity index (χ4v) is 3.33. The molecule has 2 heterocycles. The Labute approximate surface area is 140 Å². The summed E-state index contributed by atoms with van der Waals surface area (Å²) >= 11 is 0. The number of nitrogens with zero attached hydrogens (tertiary/aromatic N) is 4. The molecule has 0 unspecified atom stereocenters. The second kappa shape index (κ2) is 5.82. The third kappa shape index (κ3) is 2.60. The van der Waals surface area contributed by atoms with E-state index in [0.29, 0.717) is 17.8 Å². The molecular formula is C19H20N4O. The fourth-order valence-electron chi connectivity index (χ4n) is 3.33. The highest BCUT2D eigenvalue weighted by Crippen LogP contribution is 2.32. The molecule has 0 aliphatic heterocycles. The molecular weight excluding hydrogens is 300 g/mol. The number of rotatable bonds is 3. The second-order valence-electron chi connectivity index (χ2n) is 6.56. The lowest BCUT2D eigenvalue weighted by atomic mass is 9.82. The van der Waals surface area contributed by atoms with Gasteiger partial charge in [-0.05, 0) is 31.2 Å². The van der Waals surface area contributed by atoms with Crippen LogP contribution in [-0.4, -0.2) is 25.4 Å². The first-order valence-electron chi connectivity index (χ1n) is 8.49. The SMILES string of the molecule is CCCc1nc2nc3c(cn2n1)C(=O)C[C@@H](c1ccc(C)cc1)C3. The molecule has 0 saturated carbocycles. The summed E-state index contributed by atoms with van der Waals surface area (Å²) in [5.41, 5.74) is 3.97. The standard InChI is InChI=1S/C19H20N4O/c1-3-4-18-21-19-20-16-9-14(13-7-5-12(2)6-8-13)10-17(24)15(16)11-23(19)22-18/h5-8,11,14H,3-4,9-10H2,1-2H3/t14-/m0/s1. The summed E-state index contributed by atoms with van der Waals surface area (Å²) in [6.45, 7) is 4.17. The van der Waals surface area contributed by atoms with E-state index in [9.17, 15) is 4.79 Å². The average Bonchev–Trinajstić information content (AvgIpc) is 2.95. The molecule has 122 valence electrons. The molecule has 0 fully saturated rings. The van der Waals surface area contributed by atoms with Gasteiger partial charge < -0.3 is 0 Å². The highest BCUT2D eigenvalue weighted by atomic mass is 16.1. The van der Waals surface area contributed by atoms with E-state index in [1.807, 2.05) is 0 Å². The number of ketones is 1. The highest BCUT2D eigenvalue weighted by Gasteiger charge is 2.28. The Morgan fingerprint density at radius 3 is 2.71 bits per heavy atom. The molecule has 4 rings (SSSR count). The maximum atomic E-state index is 12.6. The maximum Gasteiger partial charge on any atom is 0.252 e. The largest absolute Gasteiger partial charge is 0.294 e. The Kier molecular flexibility index (Phi) is 3.63. The number of carbonyl (C=O) groups excluding carboxylic acids is 1. The van der Waals surface area contributed by atoms with Gasteiger partial charge in [-0.3, -0.25) is 4.79 Å². The van der Waals surface area contributed by atoms with E-state index in [1.54, 1.807) is 10.7 Å². The van der Waals surface area contributed by atoms with Crippen molar-refractivity contribution in [2.24, 2.45) is 0 Å². The van der Waals surface area contributed by atoms with Crippen LogP contribution in [0.25, 0.3) is 5.78 Å². The van der Waals surface area contributed by atoms with Gasteiger partial charge in [0.1, 0.15) is 0 Å². The molecule has 0 N–H and O–H groups in total. The average molecular weight is 320 g/mol. The predicted molar refractivity (Wildman–Crippen MR) is 91.3 cm³/mol. The third-order valence-corrected chi connectivity index (χ3v) is 4.65. The van der Waals surface area contributed by atoms with Gasteiger partial charge in [-0.15, -0.1) is 5.10 Å². The zero-order valence-electron chi connectivity index (χ0n) is 14.0. The molecule has 5 heteroatoms. The molecule has 0 radical (unpaired) electrons. The predicted octanol–water partition coefficient (Wildman–Crippen LogP) is 3.30. The maximum absolute atomic E-state index is 12.6. The molecule has 1 aromatic carbocycles. The summed E-state index contributed by atoms with van der Waals surface area (Å²) in [6, 6.07) is 8.43. The quantitative estimate of drug-likeness (QED) is 0.743. The topological polar surface area (TPSA) is 60.1 Å². The van der Waals surface area contributed by atoms with Gasteiger partial charge in [0.05, 0.1) is 11.3 Å². The highest BCUT2D eigenvalue weighted by molar-refractivity contribution is 5.98.